The average Bonchev–Trinajstić information content (AvgIpc) is 2.02. The molecule has 0 spiro atoms. The summed E-state index contributed by atoms with van der Waals surface area (Å²) in [6.45, 7) is 0. The maximum atomic E-state index is 5.88. The first kappa shape index (κ1) is 9.01. The fourth-order valence-electron chi connectivity index (χ4n) is 1.79. The number of hydrogen-bond donors (Lipinski definition) is 2. The lowest BCUT2D eigenvalue weighted by molar-refractivity contribution is 0.482. The van der Waals surface area contributed by atoms with Crippen molar-refractivity contribution in [1.82, 2.24) is 0 Å². The molecule has 0 aromatic rings. The normalized spacial score (nSPS) is 35.5. The first-order valence-corrected chi connectivity index (χ1v) is 4.80. The summed E-state index contributed by atoms with van der Waals surface area (Å²) in [6, 6.07) is 0.728. The summed E-state index contributed by atoms with van der Waals surface area (Å²) in [7, 11) is 0. The second-order valence-corrected chi connectivity index (χ2v) is 3.75. The Bertz CT molecular complexity index is 91.7. The van der Waals surface area contributed by atoms with Crippen LogP contribution in [0.25, 0.3) is 0 Å². The van der Waals surface area contributed by atoms with Gasteiger partial charge in [-0.25, -0.2) is 0 Å². The molecule has 0 aliphatic heterocycles. The molecule has 2 nitrogen and oxygen atoms in total. The van der Waals surface area contributed by atoms with Gasteiger partial charge in [-0.1, -0.05) is 25.7 Å². The van der Waals surface area contributed by atoms with Crippen LogP contribution in [-0.4, -0.2) is 12.1 Å². The molecule has 11 heavy (non-hydrogen) atoms. The molecule has 0 aromatic heterocycles. The standard InChI is InChI=1S/C9H20N2/c10-8-5-3-1-2-4-6-9(11)7-8/h8-9H,1-7,10-11H2. The Labute approximate surface area is 69.3 Å². The summed E-state index contributed by atoms with van der Waals surface area (Å²) in [5.41, 5.74) is 11.8. The van der Waals surface area contributed by atoms with E-state index in [1.165, 1.54) is 38.5 Å². The van der Waals surface area contributed by atoms with Crippen molar-refractivity contribution < 1.29 is 0 Å². The van der Waals surface area contributed by atoms with Crippen LogP contribution in [0, 0.1) is 0 Å². The molecule has 0 bridgehead atoms. The Morgan fingerprint density at radius 2 is 1.18 bits per heavy atom. The Balaban J connectivity index is 2.27. The largest absolute Gasteiger partial charge is 0.328 e. The van der Waals surface area contributed by atoms with E-state index in [9.17, 15) is 0 Å². The van der Waals surface area contributed by atoms with Crippen LogP contribution in [0.2, 0.25) is 0 Å². The molecule has 1 aliphatic rings. The van der Waals surface area contributed by atoms with Gasteiger partial charge in [-0.3, -0.25) is 0 Å². The van der Waals surface area contributed by atoms with Crippen LogP contribution >= 0.6 is 0 Å². The van der Waals surface area contributed by atoms with E-state index >= 15 is 0 Å². The van der Waals surface area contributed by atoms with Crippen LogP contribution in [0.1, 0.15) is 44.9 Å². The third kappa shape index (κ3) is 3.73. The highest BCUT2D eigenvalue weighted by atomic mass is 14.7. The SMILES string of the molecule is NC1CCCCCCC(N)C1. The van der Waals surface area contributed by atoms with Gasteiger partial charge in [-0.15, -0.1) is 0 Å². The van der Waals surface area contributed by atoms with Crippen LogP contribution < -0.4 is 11.5 Å². The van der Waals surface area contributed by atoms with Gasteiger partial charge in [0.25, 0.3) is 0 Å². The summed E-state index contributed by atoms with van der Waals surface area (Å²) in [6.07, 6.45) is 8.67. The second-order valence-electron chi connectivity index (χ2n) is 3.75. The summed E-state index contributed by atoms with van der Waals surface area (Å²) in [5, 5.41) is 0. The van der Waals surface area contributed by atoms with E-state index in [1.54, 1.807) is 0 Å². The van der Waals surface area contributed by atoms with Crippen molar-refractivity contribution in [2.45, 2.75) is 57.0 Å². The average molecular weight is 156 g/mol. The van der Waals surface area contributed by atoms with Crippen LogP contribution in [0.5, 0.6) is 0 Å². The van der Waals surface area contributed by atoms with E-state index in [-0.39, 0.29) is 0 Å². The third-order valence-electron chi connectivity index (χ3n) is 2.51. The minimum absolute atomic E-state index is 0.364. The Hall–Kier alpha value is -0.0800. The zero-order chi connectivity index (χ0) is 8.10. The van der Waals surface area contributed by atoms with E-state index in [2.05, 4.69) is 0 Å². The third-order valence-corrected chi connectivity index (χ3v) is 2.51. The van der Waals surface area contributed by atoms with Gasteiger partial charge < -0.3 is 11.5 Å². The Morgan fingerprint density at radius 3 is 1.64 bits per heavy atom. The van der Waals surface area contributed by atoms with Crippen LogP contribution in [0.15, 0.2) is 0 Å². The predicted molar refractivity (Wildman–Crippen MR) is 48.3 cm³/mol. The van der Waals surface area contributed by atoms with Gasteiger partial charge >= 0.3 is 0 Å². The quantitative estimate of drug-likeness (QED) is 0.557. The Morgan fingerprint density at radius 1 is 0.727 bits per heavy atom. The first-order chi connectivity index (χ1) is 5.29. The summed E-state index contributed by atoms with van der Waals surface area (Å²) >= 11 is 0. The molecule has 2 heteroatoms. The molecule has 0 aromatic carbocycles. The van der Waals surface area contributed by atoms with Gasteiger partial charge in [0, 0.05) is 12.1 Å². The molecule has 4 N–H and O–H groups in total. The number of nitrogens with two attached hydrogens (primary N) is 2. The van der Waals surface area contributed by atoms with Crippen molar-refractivity contribution >= 4 is 0 Å². The molecular formula is C9H20N2. The molecule has 1 rings (SSSR count). The predicted octanol–water partition coefficient (Wildman–Crippen LogP) is 1.39. The number of rotatable bonds is 0. The van der Waals surface area contributed by atoms with E-state index in [0.717, 1.165) is 6.42 Å². The molecule has 0 heterocycles. The highest BCUT2D eigenvalue weighted by Gasteiger charge is 2.11. The number of hydrogen-bond acceptors (Lipinski definition) is 2. The molecule has 1 aliphatic carbocycles. The molecule has 0 saturated heterocycles. The maximum Gasteiger partial charge on any atom is 0.00535 e. The first-order valence-electron chi connectivity index (χ1n) is 4.80. The van der Waals surface area contributed by atoms with E-state index in [0.29, 0.717) is 12.1 Å². The molecule has 1 saturated carbocycles. The zero-order valence-electron chi connectivity index (χ0n) is 7.26. The van der Waals surface area contributed by atoms with Gasteiger partial charge in [-0.05, 0) is 19.3 Å². The lowest BCUT2D eigenvalue weighted by atomic mass is 10.0. The van der Waals surface area contributed by atoms with Gasteiger partial charge in [0.05, 0.1) is 0 Å². The van der Waals surface area contributed by atoms with E-state index in [1.807, 2.05) is 0 Å². The Kier molecular flexibility index (Phi) is 3.87. The van der Waals surface area contributed by atoms with Crippen molar-refractivity contribution in [3.8, 4) is 0 Å². The lowest BCUT2D eigenvalue weighted by Gasteiger charge is -2.14. The van der Waals surface area contributed by atoms with Crippen molar-refractivity contribution in [2.24, 2.45) is 11.5 Å². The molecule has 1 fully saturated rings. The molecule has 0 amide bonds. The monoisotopic (exact) mass is 156 g/mol. The smallest absolute Gasteiger partial charge is 0.00535 e. The molecule has 2 atom stereocenters. The van der Waals surface area contributed by atoms with Gasteiger partial charge in [0.2, 0.25) is 0 Å². The highest BCUT2D eigenvalue weighted by molar-refractivity contribution is 4.72. The maximum absolute atomic E-state index is 5.88. The van der Waals surface area contributed by atoms with Crippen LogP contribution in [-0.2, 0) is 0 Å². The molecular weight excluding hydrogens is 136 g/mol. The van der Waals surface area contributed by atoms with E-state index in [4.69, 9.17) is 11.5 Å². The van der Waals surface area contributed by atoms with Crippen molar-refractivity contribution in [1.29, 1.82) is 0 Å². The van der Waals surface area contributed by atoms with Crippen LogP contribution in [0.4, 0.5) is 0 Å². The minimum atomic E-state index is 0.364. The lowest BCUT2D eigenvalue weighted by Crippen LogP contribution is -2.30. The highest BCUT2D eigenvalue weighted by Crippen LogP contribution is 2.14. The summed E-state index contributed by atoms with van der Waals surface area (Å²) in [4.78, 5) is 0. The fourth-order valence-corrected chi connectivity index (χ4v) is 1.79. The molecule has 2 unspecified atom stereocenters. The molecule has 66 valence electrons. The summed E-state index contributed by atoms with van der Waals surface area (Å²) < 4.78 is 0. The summed E-state index contributed by atoms with van der Waals surface area (Å²) in [5.74, 6) is 0. The topological polar surface area (TPSA) is 52.0 Å². The fraction of sp³-hybridized carbons (Fsp3) is 1.00. The molecule has 0 radical (unpaired) electrons. The second kappa shape index (κ2) is 4.73. The van der Waals surface area contributed by atoms with Gasteiger partial charge in [0.15, 0.2) is 0 Å². The minimum Gasteiger partial charge on any atom is -0.328 e. The van der Waals surface area contributed by atoms with Crippen molar-refractivity contribution in [3.05, 3.63) is 0 Å². The zero-order valence-corrected chi connectivity index (χ0v) is 7.26. The van der Waals surface area contributed by atoms with Gasteiger partial charge in [-0.2, -0.15) is 0 Å². The van der Waals surface area contributed by atoms with E-state index < -0.39 is 0 Å². The van der Waals surface area contributed by atoms with Crippen molar-refractivity contribution in [2.75, 3.05) is 0 Å². The van der Waals surface area contributed by atoms with Crippen molar-refractivity contribution in [3.63, 3.8) is 0 Å². The van der Waals surface area contributed by atoms with Gasteiger partial charge in [0.1, 0.15) is 0 Å². The van der Waals surface area contributed by atoms with Crippen LogP contribution in [0.3, 0.4) is 0 Å².